The van der Waals surface area contributed by atoms with Gasteiger partial charge in [0.1, 0.15) is 0 Å². The molecular formula is C23H34N4O2S. The highest BCUT2D eigenvalue weighted by molar-refractivity contribution is 7.92. The molecule has 0 saturated carbocycles. The average molecular weight is 431 g/mol. The molecule has 7 heteroatoms. The third kappa shape index (κ3) is 5.32. The lowest BCUT2D eigenvalue weighted by Gasteiger charge is -2.36. The minimum Gasteiger partial charge on any atom is -0.355 e. The van der Waals surface area contributed by atoms with Crippen LogP contribution >= 0.6 is 0 Å². The maximum Gasteiger partial charge on any atom is 0.193 e. The van der Waals surface area contributed by atoms with Crippen LogP contribution in [0.15, 0.2) is 47.5 Å². The molecule has 0 radical (unpaired) electrons. The van der Waals surface area contributed by atoms with E-state index in [2.05, 4.69) is 62.6 Å². The van der Waals surface area contributed by atoms with Crippen LogP contribution in [0.5, 0.6) is 0 Å². The quantitative estimate of drug-likeness (QED) is 0.584. The Morgan fingerprint density at radius 1 is 1.03 bits per heavy atom. The van der Waals surface area contributed by atoms with Crippen LogP contribution in [-0.2, 0) is 16.4 Å². The van der Waals surface area contributed by atoms with E-state index in [0.717, 1.165) is 38.7 Å². The van der Waals surface area contributed by atoms with Gasteiger partial charge in [0.2, 0.25) is 0 Å². The lowest BCUT2D eigenvalue weighted by molar-refractivity contribution is 0.173. The van der Waals surface area contributed by atoms with Crippen LogP contribution in [0.4, 0.5) is 0 Å². The predicted octanol–water partition coefficient (Wildman–Crippen LogP) is 2.75. The van der Waals surface area contributed by atoms with Gasteiger partial charge in [-0.05, 0) is 37.1 Å². The Bertz CT molecular complexity index is 982. The van der Waals surface area contributed by atoms with E-state index < -0.39 is 14.6 Å². The predicted molar refractivity (Wildman–Crippen MR) is 126 cm³/mol. The molecule has 1 fully saturated rings. The SMILES string of the molecule is CN=C(NCCS(=O)(=O)C(C)(C)C)N1CCN(Cc2cccc3ccccc23)CC1. The van der Waals surface area contributed by atoms with Crippen molar-refractivity contribution in [1.82, 2.24) is 15.1 Å². The summed E-state index contributed by atoms with van der Waals surface area (Å²) in [5.41, 5.74) is 1.36. The van der Waals surface area contributed by atoms with Gasteiger partial charge in [0.05, 0.1) is 10.5 Å². The smallest absolute Gasteiger partial charge is 0.193 e. The van der Waals surface area contributed by atoms with E-state index in [4.69, 9.17) is 0 Å². The zero-order valence-electron chi connectivity index (χ0n) is 18.6. The van der Waals surface area contributed by atoms with Crippen LogP contribution < -0.4 is 5.32 Å². The molecule has 1 heterocycles. The number of rotatable bonds is 5. The first-order chi connectivity index (χ1) is 14.2. The number of nitrogens with one attached hydrogen (secondary N) is 1. The summed E-state index contributed by atoms with van der Waals surface area (Å²) in [6.45, 7) is 10.2. The Labute approximate surface area is 180 Å². The van der Waals surface area contributed by atoms with Gasteiger partial charge in [0.25, 0.3) is 0 Å². The molecule has 2 aromatic carbocycles. The molecule has 6 nitrogen and oxygen atoms in total. The standard InChI is InChI=1S/C23H34N4O2S/c1-23(2,3)30(28,29)17-12-25-22(24-4)27-15-13-26(14-16-27)18-20-10-7-9-19-8-5-6-11-21(19)20/h5-11H,12-18H2,1-4H3,(H,24,25). The monoisotopic (exact) mass is 430 g/mol. The van der Waals surface area contributed by atoms with E-state index in [1.54, 1.807) is 27.8 Å². The molecule has 1 saturated heterocycles. The molecule has 0 aliphatic carbocycles. The van der Waals surface area contributed by atoms with Gasteiger partial charge in [-0.15, -0.1) is 0 Å². The normalized spacial score (nSPS) is 16.8. The van der Waals surface area contributed by atoms with Gasteiger partial charge < -0.3 is 10.2 Å². The fourth-order valence-corrected chi connectivity index (χ4v) is 4.71. The fraction of sp³-hybridized carbons (Fsp3) is 0.522. The fourth-order valence-electron chi connectivity index (χ4n) is 3.72. The van der Waals surface area contributed by atoms with E-state index in [1.807, 2.05) is 0 Å². The first kappa shape index (κ1) is 22.6. The second-order valence-corrected chi connectivity index (χ2v) is 11.7. The number of fused-ring (bicyclic) bond motifs is 1. The van der Waals surface area contributed by atoms with Crippen LogP contribution in [-0.4, -0.2) is 74.4 Å². The van der Waals surface area contributed by atoms with E-state index in [1.165, 1.54) is 16.3 Å². The van der Waals surface area contributed by atoms with Crippen molar-refractivity contribution in [1.29, 1.82) is 0 Å². The highest BCUT2D eigenvalue weighted by atomic mass is 32.2. The lowest BCUT2D eigenvalue weighted by Crippen LogP contribution is -2.52. The molecule has 0 bridgehead atoms. The first-order valence-corrected chi connectivity index (χ1v) is 12.2. The minimum atomic E-state index is -3.14. The van der Waals surface area contributed by atoms with Gasteiger partial charge >= 0.3 is 0 Å². The molecule has 0 aromatic heterocycles. The molecule has 1 aliphatic heterocycles. The molecule has 164 valence electrons. The van der Waals surface area contributed by atoms with Gasteiger partial charge in [-0.25, -0.2) is 8.42 Å². The van der Waals surface area contributed by atoms with Crippen molar-refractivity contribution in [3.8, 4) is 0 Å². The zero-order chi connectivity index (χ0) is 21.8. The second-order valence-electron chi connectivity index (χ2n) is 8.81. The summed E-state index contributed by atoms with van der Waals surface area (Å²) in [5, 5.41) is 5.83. The van der Waals surface area contributed by atoms with Gasteiger partial charge in [0.15, 0.2) is 15.8 Å². The lowest BCUT2D eigenvalue weighted by atomic mass is 10.0. The molecule has 1 N–H and O–H groups in total. The minimum absolute atomic E-state index is 0.108. The number of guanidine groups is 1. The topological polar surface area (TPSA) is 65.0 Å². The maximum atomic E-state index is 12.3. The van der Waals surface area contributed by atoms with E-state index >= 15 is 0 Å². The molecular weight excluding hydrogens is 396 g/mol. The Morgan fingerprint density at radius 2 is 1.70 bits per heavy atom. The number of hydrogen-bond acceptors (Lipinski definition) is 4. The zero-order valence-corrected chi connectivity index (χ0v) is 19.4. The third-order valence-corrected chi connectivity index (χ3v) is 8.35. The van der Waals surface area contributed by atoms with Crippen molar-refractivity contribution in [2.24, 2.45) is 4.99 Å². The van der Waals surface area contributed by atoms with Gasteiger partial charge in [-0.3, -0.25) is 9.89 Å². The van der Waals surface area contributed by atoms with Crippen LogP contribution in [0.2, 0.25) is 0 Å². The van der Waals surface area contributed by atoms with Crippen molar-refractivity contribution in [3.63, 3.8) is 0 Å². The summed E-state index contributed by atoms with van der Waals surface area (Å²) in [5.74, 6) is 0.889. The van der Waals surface area contributed by atoms with Crippen molar-refractivity contribution in [3.05, 3.63) is 48.0 Å². The number of sulfone groups is 1. The number of piperazine rings is 1. The van der Waals surface area contributed by atoms with Crippen LogP contribution in [0.25, 0.3) is 10.8 Å². The van der Waals surface area contributed by atoms with Crippen LogP contribution in [0.1, 0.15) is 26.3 Å². The van der Waals surface area contributed by atoms with Crippen molar-refractivity contribution >= 4 is 26.6 Å². The molecule has 3 rings (SSSR count). The summed E-state index contributed by atoms with van der Waals surface area (Å²) in [7, 11) is -1.38. The Morgan fingerprint density at radius 3 is 2.37 bits per heavy atom. The number of benzene rings is 2. The number of hydrogen-bond donors (Lipinski definition) is 1. The summed E-state index contributed by atoms with van der Waals surface area (Å²) < 4.78 is 23.9. The first-order valence-electron chi connectivity index (χ1n) is 10.6. The molecule has 0 spiro atoms. The largest absolute Gasteiger partial charge is 0.355 e. The van der Waals surface area contributed by atoms with E-state index in [0.29, 0.717) is 6.54 Å². The molecule has 0 amide bonds. The van der Waals surface area contributed by atoms with Crippen LogP contribution in [0.3, 0.4) is 0 Å². The van der Waals surface area contributed by atoms with Gasteiger partial charge in [-0.2, -0.15) is 0 Å². The molecule has 1 aliphatic rings. The molecule has 0 atom stereocenters. The highest BCUT2D eigenvalue weighted by Gasteiger charge is 2.28. The summed E-state index contributed by atoms with van der Waals surface area (Å²) in [6, 6.07) is 15.0. The molecule has 30 heavy (non-hydrogen) atoms. The van der Waals surface area contributed by atoms with Crippen LogP contribution in [0, 0.1) is 0 Å². The third-order valence-electron chi connectivity index (χ3n) is 5.74. The van der Waals surface area contributed by atoms with Crippen molar-refractivity contribution < 1.29 is 8.42 Å². The Balaban J connectivity index is 1.53. The van der Waals surface area contributed by atoms with E-state index in [9.17, 15) is 8.42 Å². The summed E-state index contributed by atoms with van der Waals surface area (Å²) in [6.07, 6.45) is 0. The second kappa shape index (κ2) is 9.35. The van der Waals surface area contributed by atoms with Gasteiger partial charge in [0, 0.05) is 46.3 Å². The van der Waals surface area contributed by atoms with Gasteiger partial charge in [-0.1, -0.05) is 42.5 Å². The highest BCUT2D eigenvalue weighted by Crippen LogP contribution is 2.20. The maximum absolute atomic E-state index is 12.3. The van der Waals surface area contributed by atoms with Crippen molar-refractivity contribution in [2.75, 3.05) is 45.5 Å². The molecule has 2 aromatic rings. The van der Waals surface area contributed by atoms with Crippen molar-refractivity contribution in [2.45, 2.75) is 32.1 Å². The molecule has 0 unspecified atom stereocenters. The average Bonchev–Trinajstić information content (AvgIpc) is 2.71. The summed E-state index contributed by atoms with van der Waals surface area (Å²) >= 11 is 0. The number of aliphatic imine (C=N–C) groups is 1. The Kier molecular flexibility index (Phi) is 7.03. The van der Waals surface area contributed by atoms with E-state index in [-0.39, 0.29) is 5.75 Å². The number of nitrogens with zero attached hydrogens (tertiary/aromatic N) is 3. The Hall–Kier alpha value is -2.12. The summed E-state index contributed by atoms with van der Waals surface area (Å²) in [4.78, 5) is 9.04.